The van der Waals surface area contributed by atoms with Gasteiger partial charge in [0.25, 0.3) is 0 Å². The maximum absolute atomic E-state index is 10.9. The van der Waals surface area contributed by atoms with E-state index in [2.05, 4.69) is 10.2 Å². The van der Waals surface area contributed by atoms with Gasteiger partial charge in [-0.15, -0.1) is 4.91 Å². The lowest BCUT2D eigenvalue weighted by Gasteiger charge is -1.93. The summed E-state index contributed by atoms with van der Waals surface area (Å²) in [5, 5.41) is 2.33. The van der Waals surface area contributed by atoms with E-state index in [1.54, 1.807) is 24.4 Å². The van der Waals surface area contributed by atoms with Gasteiger partial charge in [0.2, 0.25) is 0 Å². The molecule has 2 heterocycles. The number of pyridine rings is 1. The summed E-state index contributed by atoms with van der Waals surface area (Å²) in [6.07, 6.45) is 2.99. The topological polar surface area (TPSA) is 63.8 Å². The van der Waals surface area contributed by atoms with Gasteiger partial charge in [-0.25, -0.2) is 4.98 Å². The molecule has 2 aromatic heterocycles. The molecule has 0 atom stereocenters. The third-order valence-corrected chi connectivity index (χ3v) is 1.72. The van der Waals surface area contributed by atoms with Crippen molar-refractivity contribution >= 4 is 11.6 Å². The fraction of sp³-hybridized carbons (Fsp3) is 0. The van der Waals surface area contributed by atoms with Gasteiger partial charge in [0.05, 0.1) is 6.20 Å². The molecule has 13 heavy (non-hydrogen) atoms. The predicted octanol–water partition coefficient (Wildman–Crippen LogP) is 1.24. The molecule has 0 fully saturated rings. The van der Waals surface area contributed by atoms with Crippen molar-refractivity contribution in [2.75, 3.05) is 0 Å². The molecule has 0 saturated carbocycles. The van der Waals surface area contributed by atoms with E-state index < -0.39 is 5.91 Å². The van der Waals surface area contributed by atoms with Crippen molar-refractivity contribution in [1.29, 1.82) is 0 Å². The minimum atomic E-state index is -0.807. The van der Waals surface area contributed by atoms with Crippen molar-refractivity contribution in [1.82, 2.24) is 9.38 Å². The molecule has 64 valence electrons. The van der Waals surface area contributed by atoms with E-state index in [0.717, 1.165) is 0 Å². The summed E-state index contributed by atoms with van der Waals surface area (Å²) in [7, 11) is 0. The Bertz CT molecular complexity index is 475. The summed E-state index contributed by atoms with van der Waals surface area (Å²) in [5.41, 5.74) is 0.806. The number of fused-ring (bicyclic) bond motifs is 1. The van der Waals surface area contributed by atoms with Gasteiger partial charge >= 0.3 is 5.91 Å². The maximum Gasteiger partial charge on any atom is 0.335 e. The third-order valence-electron chi connectivity index (χ3n) is 1.72. The van der Waals surface area contributed by atoms with Crippen LogP contribution in [0.15, 0.2) is 35.8 Å². The lowest BCUT2D eigenvalue weighted by Crippen LogP contribution is -1.98. The lowest BCUT2D eigenvalue weighted by molar-refractivity contribution is 0.0995. The first-order chi connectivity index (χ1) is 6.33. The van der Waals surface area contributed by atoms with Gasteiger partial charge in [0, 0.05) is 11.4 Å². The van der Waals surface area contributed by atoms with Crippen molar-refractivity contribution in [2.24, 2.45) is 5.18 Å². The van der Waals surface area contributed by atoms with E-state index in [0.29, 0.717) is 5.65 Å². The molecule has 2 rings (SSSR count). The Morgan fingerprint density at radius 3 is 3.08 bits per heavy atom. The van der Waals surface area contributed by atoms with Crippen LogP contribution >= 0.6 is 0 Å². The van der Waals surface area contributed by atoms with Crippen molar-refractivity contribution in [2.45, 2.75) is 0 Å². The second-order valence-corrected chi connectivity index (χ2v) is 2.47. The summed E-state index contributed by atoms with van der Waals surface area (Å²) in [6, 6.07) is 5.28. The Morgan fingerprint density at radius 1 is 1.46 bits per heavy atom. The first-order valence-electron chi connectivity index (χ1n) is 3.62. The third kappa shape index (κ3) is 1.10. The van der Waals surface area contributed by atoms with Crippen LogP contribution in [0.25, 0.3) is 5.65 Å². The van der Waals surface area contributed by atoms with E-state index in [1.165, 1.54) is 10.6 Å². The molecule has 5 nitrogen and oxygen atoms in total. The van der Waals surface area contributed by atoms with Crippen LogP contribution in [-0.2, 0) is 0 Å². The Morgan fingerprint density at radius 2 is 2.31 bits per heavy atom. The number of nitroso groups, excluding NO2 is 1. The fourth-order valence-electron chi connectivity index (χ4n) is 1.14. The zero-order valence-electron chi connectivity index (χ0n) is 6.54. The molecular weight excluding hydrogens is 170 g/mol. The van der Waals surface area contributed by atoms with Crippen molar-refractivity contribution in [3.8, 4) is 0 Å². The minimum Gasteiger partial charge on any atom is -0.295 e. The largest absolute Gasteiger partial charge is 0.335 e. The molecule has 2 aromatic rings. The van der Waals surface area contributed by atoms with Gasteiger partial charge in [0.15, 0.2) is 0 Å². The second-order valence-electron chi connectivity index (χ2n) is 2.47. The number of hydrogen-bond donors (Lipinski definition) is 0. The Kier molecular flexibility index (Phi) is 1.63. The number of carbonyl (C=O) groups is 1. The number of imidazole rings is 1. The molecule has 5 heteroatoms. The molecule has 0 unspecified atom stereocenters. The van der Waals surface area contributed by atoms with Crippen LogP contribution in [0.5, 0.6) is 0 Å². The van der Waals surface area contributed by atoms with E-state index in [-0.39, 0.29) is 5.69 Å². The molecule has 0 aliphatic carbocycles. The Labute approximate surface area is 73.0 Å². The summed E-state index contributed by atoms with van der Waals surface area (Å²) >= 11 is 0. The fourth-order valence-corrected chi connectivity index (χ4v) is 1.14. The number of rotatable bonds is 1. The van der Waals surface area contributed by atoms with E-state index >= 15 is 0 Å². The van der Waals surface area contributed by atoms with E-state index in [4.69, 9.17) is 0 Å². The monoisotopic (exact) mass is 175 g/mol. The Hall–Kier alpha value is -2.04. The lowest BCUT2D eigenvalue weighted by atomic mass is 10.4. The molecule has 0 aromatic carbocycles. The number of hydrogen-bond acceptors (Lipinski definition) is 3. The number of aromatic nitrogens is 2. The first kappa shape index (κ1) is 7.60. The molecule has 1 amide bonds. The van der Waals surface area contributed by atoms with Gasteiger partial charge < -0.3 is 0 Å². The maximum atomic E-state index is 10.9. The van der Waals surface area contributed by atoms with E-state index in [9.17, 15) is 9.70 Å². The zero-order chi connectivity index (χ0) is 9.26. The smallest absolute Gasteiger partial charge is 0.295 e. The highest BCUT2D eigenvalue weighted by Crippen LogP contribution is 2.06. The minimum absolute atomic E-state index is 0.186. The van der Waals surface area contributed by atoms with Crippen LogP contribution in [0, 0.1) is 4.91 Å². The predicted molar refractivity (Wildman–Crippen MR) is 45.3 cm³/mol. The summed E-state index contributed by atoms with van der Waals surface area (Å²) < 4.78 is 1.52. The average molecular weight is 175 g/mol. The number of nitrogens with zero attached hydrogens (tertiary/aromatic N) is 3. The van der Waals surface area contributed by atoms with Gasteiger partial charge in [0.1, 0.15) is 11.3 Å². The zero-order valence-corrected chi connectivity index (χ0v) is 6.54. The molecule has 0 radical (unpaired) electrons. The van der Waals surface area contributed by atoms with Crippen LogP contribution in [0.3, 0.4) is 0 Å². The van der Waals surface area contributed by atoms with Crippen LogP contribution in [-0.4, -0.2) is 15.3 Å². The van der Waals surface area contributed by atoms with Gasteiger partial charge in [-0.1, -0.05) is 6.07 Å². The first-order valence-corrected chi connectivity index (χ1v) is 3.62. The van der Waals surface area contributed by atoms with Crippen LogP contribution in [0.1, 0.15) is 10.5 Å². The highest BCUT2D eigenvalue weighted by atomic mass is 16.3. The van der Waals surface area contributed by atoms with Crippen molar-refractivity contribution in [3.63, 3.8) is 0 Å². The molecule has 0 N–H and O–H groups in total. The summed E-state index contributed by atoms with van der Waals surface area (Å²) in [6.45, 7) is 0. The molecule has 0 spiro atoms. The standard InChI is InChI=1S/C8H5N3O2/c12-8(10-13)6-5-9-7-3-1-2-4-11(6)7/h1-5H. The highest BCUT2D eigenvalue weighted by Gasteiger charge is 2.10. The quantitative estimate of drug-likeness (QED) is 0.612. The molecule has 0 saturated heterocycles. The molecule has 0 bridgehead atoms. The summed E-state index contributed by atoms with van der Waals surface area (Å²) in [4.78, 5) is 24.9. The van der Waals surface area contributed by atoms with Crippen molar-refractivity contribution < 1.29 is 4.79 Å². The van der Waals surface area contributed by atoms with Gasteiger partial charge in [-0.3, -0.25) is 9.20 Å². The van der Waals surface area contributed by atoms with Gasteiger partial charge in [-0.05, 0) is 12.1 Å². The van der Waals surface area contributed by atoms with E-state index in [1.807, 2.05) is 0 Å². The normalized spacial score (nSPS) is 10.2. The van der Waals surface area contributed by atoms with Crippen LogP contribution < -0.4 is 0 Å². The second kappa shape index (κ2) is 2.78. The van der Waals surface area contributed by atoms with Crippen LogP contribution in [0.4, 0.5) is 0 Å². The molecule has 0 aliphatic rings. The highest BCUT2D eigenvalue weighted by molar-refractivity contribution is 5.93. The Balaban J connectivity index is 2.71. The molecular formula is C8H5N3O2. The van der Waals surface area contributed by atoms with Crippen LogP contribution in [0.2, 0.25) is 0 Å². The number of amides is 1. The molecule has 0 aliphatic heterocycles. The van der Waals surface area contributed by atoms with Crippen molar-refractivity contribution in [3.05, 3.63) is 41.2 Å². The average Bonchev–Trinajstić information content (AvgIpc) is 2.60. The number of carbonyl (C=O) groups excluding carboxylic acids is 1. The summed E-state index contributed by atoms with van der Waals surface area (Å²) in [5.74, 6) is -0.807. The van der Waals surface area contributed by atoms with Gasteiger partial charge in [-0.2, -0.15) is 0 Å². The SMILES string of the molecule is O=NC(=O)c1cnc2ccccn12.